The number of morpholine rings is 1. The van der Waals surface area contributed by atoms with Crippen molar-refractivity contribution in [3.05, 3.63) is 35.9 Å². The molecule has 1 heterocycles. The van der Waals surface area contributed by atoms with Gasteiger partial charge in [-0.25, -0.2) is 0 Å². The van der Waals surface area contributed by atoms with E-state index in [4.69, 9.17) is 4.74 Å². The minimum absolute atomic E-state index is 0. The van der Waals surface area contributed by atoms with E-state index < -0.39 is 0 Å². The van der Waals surface area contributed by atoms with Gasteiger partial charge in [-0.3, -0.25) is 4.79 Å². The highest BCUT2D eigenvalue weighted by molar-refractivity contribution is 5.85. The zero-order chi connectivity index (χ0) is 14.2. The maximum absolute atomic E-state index is 12.1. The number of carbonyl (C=O) groups excluding carboxylic acids is 1. The van der Waals surface area contributed by atoms with Crippen LogP contribution in [0.1, 0.15) is 18.4 Å². The van der Waals surface area contributed by atoms with Crippen LogP contribution >= 0.6 is 12.4 Å². The molecule has 0 spiro atoms. The van der Waals surface area contributed by atoms with Gasteiger partial charge in [0.05, 0.1) is 6.61 Å². The average molecular weight is 313 g/mol. The molecule has 1 aliphatic heterocycles. The Labute approximate surface area is 133 Å². The summed E-state index contributed by atoms with van der Waals surface area (Å²) in [4.78, 5) is 13.9. The highest BCUT2D eigenvalue weighted by Gasteiger charge is 2.24. The molecule has 1 aliphatic rings. The number of likely N-dealkylation sites (N-methyl/N-ethyl adjacent to an activating group) is 1. The molecule has 1 N–H and O–H groups in total. The number of amides is 1. The lowest BCUT2D eigenvalue weighted by molar-refractivity contribution is -0.143. The molecular formula is C16H25ClN2O2. The van der Waals surface area contributed by atoms with Gasteiger partial charge in [-0.2, -0.15) is 0 Å². The van der Waals surface area contributed by atoms with Crippen LogP contribution in [0.15, 0.2) is 30.3 Å². The van der Waals surface area contributed by atoms with Crippen molar-refractivity contribution in [3.8, 4) is 0 Å². The number of aryl methyl sites for hydroxylation is 1. The number of ether oxygens (including phenoxy) is 1. The van der Waals surface area contributed by atoms with E-state index in [0.717, 1.165) is 32.4 Å². The Morgan fingerprint density at radius 3 is 2.76 bits per heavy atom. The third-order valence-electron chi connectivity index (χ3n) is 3.63. The molecule has 4 nitrogen and oxygen atoms in total. The standard InChI is InChI=1S/C16H24N2O2.ClH/c1-18(16(19)15-13-17-10-12-20-15)11-6-5-9-14-7-3-2-4-8-14;/h2-4,7-8,15,17H,5-6,9-13H2,1H3;1H. The number of unbranched alkanes of at least 4 members (excludes halogenated alkanes) is 1. The quantitative estimate of drug-likeness (QED) is 0.816. The number of carbonyl (C=O) groups is 1. The van der Waals surface area contributed by atoms with Crippen LogP contribution in [-0.4, -0.2) is 50.2 Å². The molecule has 0 aliphatic carbocycles. The van der Waals surface area contributed by atoms with Gasteiger partial charge in [0.25, 0.3) is 5.91 Å². The number of hydrogen-bond acceptors (Lipinski definition) is 3. The Morgan fingerprint density at radius 2 is 2.10 bits per heavy atom. The Bertz CT molecular complexity index is 408. The summed E-state index contributed by atoms with van der Waals surface area (Å²) in [5.41, 5.74) is 1.36. The van der Waals surface area contributed by atoms with Crippen LogP contribution in [0.25, 0.3) is 0 Å². The van der Waals surface area contributed by atoms with E-state index in [1.807, 2.05) is 13.1 Å². The number of hydrogen-bond donors (Lipinski definition) is 1. The van der Waals surface area contributed by atoms with Crippen molar-refractivity contribution < 1.29 is 9.53 Å². The van der Waals surface area contributed by atoms with Gasteiger partial charge in [0.15, 0.2) is 0 Å². The summed E-state index contributed by atoms with van der Waals surface area (Å²) in [6.07, 6.45) is 2.90. The first-order chi connectivity index (χ1) is 9.77. The summed E-state index contributed by atoms with van der Waals surface area (Å²) < 4.78 is 5.48. The molecule has 0 aromatic heterocycles. The fraction of sp³-hybridized carbons (Fsp3) is 0.562. The Balaban J connectivity index is 0.00000220. The van der Waals surface area contributed by atoms with Gasteiger partial charge in [-0.15, -0.1) is 12.4 Å². The largest absolute Gasteiger partial charge is 0.366 e. The highest BCUT2D eigenvalue weighted by Crippen LogP contribution is 2.06. The second-order valence-electron chi connectivity index (χ2n) is 5.27. The summed E-state index contributed by atoms with van der Waals surface area (Å²) in [5.74, 6) is 0.0944. The normalized spacial score (nSPS) is 17.9. The predicted octanol–water partition coefficient (Wildman–Crippen LogP) is 1.88. The third-order valence-corrected chi connectivity index (χ3v) is 3.63. The van der Waals surface area contributed by atoms with Crippen molar-refractivity contribution in [2.45, 2.75) is 25.4 Å². The van der Waals surface area contributed by atoms with E-state index in [0.29, 0.717) is 13.2 Å². The van der Waals surface area contributed by atoms with Gasteiger partial charge in [0.1, 0.15) is 6.10 Å². The van der Waals surface area contributed by atoms with E-state index in [1.165, 1.54) is 5.56 Å². The van der Waals surface area contributed by atoms with Crippen LogP contribution in [0.4, 0.5) is 0 Å². The van der Waals surface area contributed by atoms with Crippen molar-refractivity contribution in [1.82, 2.24) is 10.2 Å². The Kier molecular flexibility index (Phi) is 8.35. The number of nitrogens with one attached hydrogen (secondary N) is 1. The van der Waals surface area contributed by atoms with E-state index in [1.54, 1.807) is 4.90 Å². The van der Waals surface area contributed by atoms with Gasteiger partial charge >= 0.3 is 0 Å². The second kappa shape index (κ2) is 9.77. The lowest BCUT2D eigenvalue weighted by Gasteiger charge is -2.27. The fourth-order valence-corrected chi connectivity index (χ4v) is 2.40. The van der Waals surface area contributed by atoms with Crippen molar-refractivity contribution in [1.29, 1.82) is 0 Å². The van der Waals surface area contributed by atoms with E-state index in [-0.39, 0.29) is 24.4 Å². The molecule has 1 atom stereocenters. The van der Waals surface area contributed by atoms with Crippen LogP contribution in [0.2, 0.25) is 0 Å². The number of rotatable bonds is 6. The zero-order valence-electron chi connectivity index (χ0n) is 12.6. The summed E-state index contributed by atoms with van der Waals surface area (Å²) >= 11 is 0. The summed E-state index contributed by atoms with van der Waals surface area (Å²) in [6.45, 7) is 2.89. The molecule has 0 saturated carbocycles. The molecular weight excluding hydrogens is 288 g/mol. The maximum atomic E-state index is 12.1. The van der Waals surface area contributed by atoms with Gasteiger partial charge in [-0.1, -0.05) is 30.3 Å². The Morgan fingerprint density at radius 1 is 1.33 bits per heavy atom. The molecule has 118 valence electrons. The molecule has 5 heteroatoms. The van der Waals surface area contributed by atoms with Gasteiger partial charge in [0.2, 0.25) is 0 Å². The highest BCUT2D eigenvalue weighted by atomic mass is 35.5. The number of benzene rings is 1. The van der Waals surface area contributed by atoms with Crippen molar-refractivity contribution in [3.63, 3.8) is 0 Å². The van der Waals surface area contributed by atoms with Crippen LogP contribution in [0.3, 0.4) is 0 Å². The molecule has 1 unspecified atom stereocenters. The second-order valence-corrected chi connectivity index (χ2v) is 5.27. The molecule has 1 amide bonds. The smallest absolute Gasteiger partial charge is 0.252 e. The van der Waals surface area contributed by atoms with Gasteiger partial charge in [0, 0.05) is 26.7 Å². The van der Waals surface area contributed by atoms with Crippen LogP contribution in [0, 0.1) is 0 Å². The first-order valence-corrected chi connectivity index (χ1v) is 7.38. The minimum atomic E-state index is -0.303. The molecule has 0 radical (unpaired) electrons. The topological polar surface area (TPSA) is 41.6 Å². The Hall–Kier alpha value is -1.10. The average Bonchev–Trinajstić information content (AvgIpc) is 2.52. The number of halogens is 1. The lowest BCUT2D eigenvalue weighted by atomic mass is 10.1. The summed E-state index contributed by atoms with van der Waals surface area (Å²) in [6, 6.07) is 10.5. The minimum Gasteiger partial charge on any atom is -0.366 e. The molecule has 1 saturated heterocycles. The summed E-state index contributed by atoms with van der Waals surface area (Å²) in [5, 5.41) is 3.19. The van der Waals surface area contributed by atoms with Gasteiger partial charge in [-0.05, 0) is 24.8 Å². The first-order valence-electron chi connectivity index (χ1n) is 7.38. The van der Waals surface area contributed by atoms with E-state index in [9.17, 15) is 4.79 Å². The molecule has 0 bridgehead atoms. The lowest BCUT2D eigenvalue weighted by Crippen LogP contribution is -2.48. The SMILES string of the molecule is CN(CCCCc1ccccc1)C(=O)C1CNCCO1.Cl. The first kappa shape index (κ1) is 18.0. The van der Waals surface area contributed by atoms with Crippen molar-refractivity contribution >= 4 is 18.3 Å². The fourth-order valence-electron chi connectivity index (χ4n) is 2.40. The molecule has 1 aromatic carbocycles. The molecule has 1 aromatic rings. The van der Waals surface area contributed by atoms with E-state index in [2.05, 4.69) is 29.6 Å². The van der Waals surface area contributed by atoms with Crippen LogP contribution in [0.5, 0.6) is 0 Å². The molecule has 21 heavy (non-hydrogen) atoms. The predicted molar refractivity (Wildman–Crippen MR) is 86.9 cm³/mol. The monoisotopic (exact) mass is 312 g/mol. The number of nitrogens with zero attached hydrogens (tertiary/aromatic N) is 1. The van der Waals surface area contributed by atoms with E-state index >= 15 is 0 Å². The zero-order valence-corrected chi connectivity index (χ0v) is 13.4. The maximum Gasteiger partial charge on any atom is 0.252 e. The van der Waals surface area contributed by atoms with Gasteiger partial charge < -0.3 is 15.0 Å². The third kappa shape index (κ3) is 6.04. The van der Waals surface area contributed by atoms with Crippen LogP contribution < -0.4 is 5.32 Å². The molecule has 2 rings (SSSR count). The molecule has 1 fully saturated rings. The van der Waals surface area contributed by atoms with Crippen molar-refractivity contribution in [2.24, 2.45) is 0 Å². The van der Waals surface area contributed by atoms with Crippen molar-refractivity contribution in [2.75, 3.05) is 33.3 Å². The summed E-state index contributed by atoms with van der Waals surface area (Å²) in [7, 11) is 1.86. The van der Waals surface area contributed by atoms with Crippen LogP contribution in [-0.2, 0) is 16.0 Å².